The molecule has 0 aliphatic rings. The zero-order valence-electron chi connectivity index (χ0n) is 19.0. The van der Waals surface area contributed by atoms with Crippen LogP contribution in [-0.4, -0.2) is 35.9 Å². The van der Waals surface area contributed by atoms with Gasteiger partial charge in [-0.15, -0.1) is 0 Å². The van der Waals surface area contributed by atoms with E-state index in [2.05, 4.69) is 21.2 Å². The van der Waals surface area contributed by atoms with E-state index in [-0.39, 0.29) is 25.0 Å². The van der Waals surface area contributed by atoms with Crippen LogP contribution < -0.4 is 10.1 Å². The Kier molecular flexibility index (Phi) is 8.75. The summed E-state index contributed by atoms with van der Waals surface area (Å²) >= 11 is 9.72. The molecule has 0 aliphatic carbocycles. The van der Waals surface area contributed by atoms with Crippen LogP contribution in [-0.2, 0) is 16.1 Å². The van der Waals surface area contributed by atoms with Gasteiger partial charge < -0.3 is 15.0 Å². The third-order valence-electron chi connectivity index (χ3n) is 5.27. The van der Waals surface area contributed by atoms with Gasteiger partial charge in [0.25, 0.3) is 5.91 Å². The molecule has 2 amide bonds. The molecule has 174 valence electrons. The molecule has 3 aromatic carbocycles. The van der Waals surface area contributed by atoms with E-state index in [0.717, 1.165) is 20.8 Å². The van der Waals surface area contributed by atoms with Crippen LogP contribution in [0.15, 0.2) is 65.1 Å². The Morgan fingerprint density at radius 3 is 2.55 bits per heavy atom. The monoisotopic (exact) mass is 530 g/mol. The molecule has 1 atom stereocenters. The first-order valence-corrected chi connectivity index (χ1v) is 12.0. The van der Waals surface area contributed by atoms with Crippen LogP contribution in [0.5, 0.6) is 5.75 Å². The fourth-order valence-corrected chi connectivity index (χ4v) is 4.24. The number of amides is 2. The second-order valence-corrected chi connectivity index (χ2v) is 9.58. The highest BCUT2D eigenvalue weighted by atomic mass is 79.9. The van der Waals surface area contributed by atoms with Gasteiger partial charge in [0.15, 0.2) is 6.61 Å². The molecule has 0 aliphatic heterocycles. The molecule has 5 nitrogen and oxygen atoms in total. The Bertz CT molecular complexity index is 1140. The Labute approximate surface area is 208 Å². The number of carbonyl (C=O) groups is 2. The van der Waals surface area contributed by atoms with Gasteiger partial charge >= 0.3 is 0 Å². The average molecular weight is 532 g/mol. The molecule has 0 heterocycles. The van der Waals surface area contributed by atoms with Crippen molar-refractivity contribution in [3.8, 4) is 5.75 Å². The summed E-state index contributed by atoms with van der Waals surface area (Å²) in [6.07, 6.45) is 0. The molecule has 3 aromatic rings. The van der Waals surface area contributed by atoms with E-state index in [9.17, 15) is 9.59 Å². The summed E-state index contributed by atoms with van der Waals surface area (Å²) in [6, 6.07) is 18.3. The Hall–Kier alpha value is -2.57. The predicted molar refractivity (Wildman–Crippen MR) is 136 cm³/mol. The molecule has 0 radical (unpaired) electrons. The van der Waals surface area contributed by atoms with Gasteiger partial charge in [0, 0.05) is 18.1 Å². The number of nitrogens with zero attached hydrogens (tertiary/aromatic N) is 1. The number of ether oxygens (including phenoxy) is 1. The van der Waals surface area contributed by atoms with E-state index in [4.69, 9.17) is 16.3 Å². The molecule has 0 bridgehead atoms. The molecule has 0 spiro atoms. The first-order valence-electron chi connectivity index (χ1n) is 10.9. The fraction of sp³-hybridized carbons (Fsp3) is 0.308. The number of halogens is 2. The number of hydrogen-bond donors (Lipinski definition) is 1. The maximum absolute atomic E-state index is 13.2. The van der Waals surface area contributed by atoms with Gasteiger partial charge in [0.05, 0.1) is 4.47 Å². The van der Waals surface area contributed by atoms with Crippen molar-refractivity contribution in [2.75, 3.05) is 13.2 Å². The number of fused-ring (bicyclic) bond motifs is 1. The van der Waals surface area contributed by atoms with Crippen LogP contribution in [0, 0.1) is 5.92 Å². The lowest BCUT2D eigenvalue weighted by atomic mass is 10.1. The van der Waals surface area contributed by atoms with Crippen molar-refractivity contribution in [2.45, 2.75) is 33.4 Å². The lowest BCUT2D eigenvalue weighted by Gasteiger charge is -2.29. The highest BCUT2D eigenvalue weighted by Gasteiger charge is 2.27. The number of nitrogens with one attached hydrogen (secondary N) is 1. The Balaban J connectivity index is 1.78. The first-order chi connectivity index (χ1) is 15.8. The lowest BCUT2D eigenvalue weighted by molar-refractivity contribution is -0.142. The van der Waals surface area contributed by atoms with Gasteiger partial charge in [-0.05, 0) is 63.3 Å². The van der Waals surface area contributed by atoms with Crippen molar-refractivity contribution in [2.24, 2.45) is 5.92 Å². The number of rotatable bonds is 9. The third-order valence-corrected chi connectivity index (χ3v) is 6.33. The summed E-state index contributed by atoms with van der Waals surface area (Å²) in [5, 5.41) is 5.56. The number of carbonyl (C=O) groups excluding carboxylic acids is 2. The van der Waals surface area contributed by atoms with Gasteiger partial charge in [-0.3, -0.25) is 9.59 Å². The maximum atomic E-state index is 13.2. The summed E-state index contributed by atoms with van der Waals surface area (Å²) in [7, 11) is 0. The minimum Gasteiger partial charge on any atom is -0.483 e. The standard InChI is InChI=1S/C26H28BrClN2O3/c1-17(2)14-29-26(32)18(3)30(15-19-7-6-9-21(28)13-19)24(31)16-33-23-12-11-20-8-4-5-10-22(20)25(23)27/h4-13,17-18H,14-16H2,1-3H3,(H,29,32)/t18-/m0/s1. The average Bonchev–Trinajstić information content (AvgIpc) is 2.80. The third kappa shape index (κ3) is 6.71. The largest absolute Gasteiger partial charge is 0.483 e. The van der Waals surface area contributed by atoms with Crippen molar-refractivity contribution in [3.63, 3.8) is 0 Å². The van der Waals surface area contributed by atoms with Gasteiger partial charge in [-0.2, -0.15) is 0 Å². The second-order valence-electron chi connectivity index (χ2n) is 8.35. The molecule has 0 saturated carbocycles. The number of hydrogen-bond acceptors (Lipinski definition) is 3. The number of benzene rings is 3. The molecule has 0 aromatic heterocycles. The van der Waals surface area contributed by atoms with E-state index in [1.807, 2.05) is 62.4 Å². The summed E-state index contributed by atoms with van der Waals surface area (Å²) < 4.78 is 6.67. The molecule has 0 fully saturated rings. The van der Waals surface area contributed by atoms with E-state index >= 15 is 0 Å². The second kappa shape index (κ2) is 11.5. The van der Waals surface area contributed by atoms with Crippen LogP contribution in [0.4, 0.5) is 0 Å². The van der Waals surface area contributed by atoms with Crippen molar-refractivity contribution >= 4 is 50.1 Å². The van der Waals surface area contributed by atoms with Crippen LogP contribution in [0.3, 0.4) is 0 Å². The molecular formula is C26H28BrClN2O3. The summed E-state index contributed by atoms with van der Waals surface area (Å²) in [5.41, 5.74) is 0.839. The summed E-state index contributed by atoms with van der Waals surface area (Å²) in [6.45, 7) is 6.37. The first kappa shape index (κ1) is 25.1. The van der Waals surface area contributed by atoms with Crippen molar-refractivity contribution < 1.29 is 14.3 Å². The van der Waals surface area contributed by atoms with E-state index in [1.165, 1.54) is 4.90 Å². The van der Waals surface area contributed by atoms with Crippen LogP contribution in [0.2, 0.25) is 5.02 Å². The van der Waals surface area contributed by atoms with Gasteiger partial charge in [-0.1, -0.05) is 67.9 Å². The molecule has 0 saturated heterocycles. The highest BCUT2D eigenvalue weighted by molar-refractivity contribution is 9.10. The summed E-state index contributed by atoms with van der Waals surface area (Å²) in [5.74, 6) is 0.390. The quantitative estimate of drug-likeness (QED) is 0.378. The predicted octanol–water partition coefficient (Wildman–Crippen LogP) is 5.82. The van der Waals surface area contributed by atoms with Gasteiger partial charge in [0.1, 0.15) is 11.8 Å². The summed E-state index contributed by atoms with van der Waals surface area (Å²) in [4.78, 5) is 27.5. The molecule has 1 N–H and O–H groups in total. The van der Waals surface area contributed by atoms with Crippen molar-refractivity contribution in [3.05, 3.63) is 75.7 Å². The molecule has 33 heavy (non-hydrogen) atoms. The van der Waals surface area contributed by atoms with E-state index < -0.39 is 6.04 Å². The fourth-order valence-electron chi connectivity index (χ4n) is 3.41. The Morgan fingerprint density at radius 2 is 1.82 bits per heavy atom. The van der Waals surface area contributed by atoms with Crippen LogP contribution in [0.25, 0.3) is 10.8 Å². The van der Waals surface area contributed by atoms with E-state index in [0.29, 0.717) is 23.2 Å². The maximum Gasteiger partial charge on any atom is 0.261 e. The lowest BCUT2D eigenvalue weighted by Crippen LogP contribution is -2.49. The van der Waals surface area contributed by atoms with Gasteiger partial charge in [-0.25, -0.2) is 0 Å². The van der Waals surface area contributed by atoms with Crippen molar-refractivity contribution in [1.82, 2.24) is 10.2 Å². The smallest absolute Gasteiger partial charge is 0.261 e. The molecule has 0 unspecified atom stereocenters. The minimum atomic E-state index is -0.668. The molecular weight excluding hydrogens is 504 g/mol. The molecule has 7 heteroatoms. The Morgan fingerprint density at radius 1 is 1.06 bits per heavy atom. The normalized spacial score (nSPS) is 11.9. The van der Waals surface area contributed by atoms with Crippen molar-refractivity contribution in [1.29, 1.82) is 0 Å². The zero-order chi connectivity index (χ0) is 24.0. The van der Waals surface area contributed by atoms with Gasteiger partial charge in [0.2, 0.25) is 5.91 Å². The molecule has 3 rings (SSSR count). The topological polar surface area (TPSA) is 58.6 Å². The highest BCUT2D eigenvalue weighted by Crippen LogP contribution is 2.33. The van der Waals surface area contributed by atoms with Crippen LogP contribution >= 0.6 is 27.5 Å². The van der Waals surface area contributed by atoms with Crippen LogP contribution in [0.1, 0.15) is 26.3 Å². The van der Waals surface area contributed by atoms with E-state index in [1.54, 1.807) is 19.1 Å². The zero-order valence-corrected chi connectivity index (χ0v) is 21.3. The minimum absolute atomic E-state index is 0.195. The SMILES string of the molecule is CC(C)CNC(=O)[C@H](C)N(Cc1cccc(Cl)c1)C(=O)COc1ccc2ccccc2c1Br.